The highest BCUT2D eigenvalue weighted by Gasteiger charge is 2.27. The van der Waals surface area contributed by atoms with Crippen molar-refractivity contribution in [1.82, 2.24) is 20.1 Å². The van der Waals surface area contributed by atoms with Crippen molar-refractivity contribution in [3.05, 3.63) is 41.5 Å². The summed E-state index contributed by atoms with van der Waals surface area (Å²) in [7, 11) is 0. The number of aryl methyl sites for hydroxylation is 2. The van der Waals surface area contributed by atoms with Crippen molar-refractivity contribution in [2.45, 2.75) is 32.6 Å². The number of rotatable bonds is 4. The number of morpholine rings is 1. The fourth-order valence-electron chi connectivity index (χ4n) is 3.85. The molecule has 5 rings (SSSR count). The van der Waals surface area contributed by atoms with E-state index in [-0.39, 0.29) is 5.92 Å². The molecule has 8 nitrogen and oxygen atoms in total. The molecule has 1 N–H and O–H groups in total. The molecule has 0 spiro atoms. The molecule has 3 aromatic heterocycles. The summed E-state index contributed by atoms with van der Waals surface area (Å²) in [5.74, 6) is 2.43. The van der Waals surface area contributed by atoms with Gasteiger partial charge in [-0.05, 0) is 30.0 Å². The molecular weight excluding hydrogens is 368 g/mol. The van der Waals surface area contributed by atoms with Crippen LogP contribution in [0, 0.1) is 0 Å². The number of nitrogens with zero attached hydrogens (tertiary/aromatic N) is 5. The van der Waals surface area contributed by atoms with Gasteiger partial charge in [-0.1, -0.05) is 19.0 Å². The number of pyridine rings is 1. The van der Waals surface area contributed by atoms with Gasteiger partial charge in [-0.25, -0.2) is 15.0 Å². The van der Waals surface area contributed by atoms with Crippen LogP contribution in [0.15, 0.2) is 29.0 Å². The molecule has 0 radical (unpaired) electrons. The van der Waals surface area contributed by atoms with Crippen molar-refractivity contribution >= 4 is 17.5 Å². The topological polar surface area (TPSA) is 89.2 Å². The van der Waals surface area contributed by atoms with Crippen LogP contribution in [0.1, 0.15) is 36.8 Å². The molecular formula is C21H24N6O2. The summed E-state index contributed by atoms with van der Waals surface area (Å²) < 4.78 is 11.0. The van der Waals surface area contributed by atoms with Gasteiger partial charge in [0.2, 0.25) is 5.95 Å². The Morgan fingerprint density at radius 3 is 2.69 bits per heavy atom. The van der Waals surface area contributed by atoms with Gasteiger partial charge in [-0.15, -0.1) is 0 Å². The molecule has 150 valence electrons. The van der Waals surface area contributed by atoms with Crippen LogP contribution in [0.2, 0.25) is 0 Å². The van der Waals surface area contributed by atoms with Crippen molar-refractivity contribution in [3.8, 4) is 11.3 Å². The molecule has 3 aromatic rings. The summed E-state index contributed by atoms with van der Waals surface area (Å²) >= 11 is 0. The lowest BCUT2D eigenvalue weighted by Gasteiger charge is -2.28. The normalized spacial score (nSPS) is 15.9. The Bertz CT molecular complexity index is 1010. The molecule has 29 heavy (non-hydrogen) atoms. The molecule has 1 aliphatic carbocycles. The molecule has 1 fully saturated rings. The molecule has 8 heteroatoms. The summed E-state index contributed by atoms with van der Waals surface area (Å²) in [5.41, 5.74) is 5.13. The first-order valence-corrected chi connectivity index (χ1v) is 10.1. The molecule has 2 aliphatic rings. The quantitative estimate of drug-likeness (QED) is 0.723. The molecule has 1 aliphatic heterocycles. The largest absolute Gasteiger partial charge is 0.378 e. The van der Waals surface area contributed by atoms with Gasteiger partial charge >= 0.3 is 0 Å². The second-order valence-electron chi connectivity index (χ2n) is 7.71. The van der Waals surface area contributed by atoms with Gasteiger partial charge in [0.25, 0.3) is 0 Å². The Balaban J connectivity index is 1.40. The van der Waals surface area contributed by atoms with Crippen LogP contribution >= 0.6 is 0 Å². The van der Waals surface area contributed by atoms with Crippen LogP contribution in [0.25, 0.3) is 11.3 Å². The van der Waals surface area contributed by atoms with Crippen molar-refractivity contribution in [1.29, 1.82) is 0 Å². The first kappa shape index (κ1) is 18.1. The SMILES string of the molecule is CC(C)c1noc2c1-c1nc(Nc3ccc(N4CCOCC4)cn3)ncc1CC2. The van der Waals surface area contributed by atoms with Gasteiger partial charge in [0.15, 0.2) is 0 Å². The number of anilines is 3. The minimum atomic E-state index is 0.272. The van der Waals surface area contributed by atoms with Gasteiger partial charge < -0.3 is 19.5 Å². The van der Waals surface area contributed by atoms with E-state index in [0.29, 0.717) is 11.8 Å². The number of ether oxygens (including phenoxy) is 1. The summed E-state index contributed by atoms with van der Waals surface area (Å²) in [6.07, 6.45) is 5.47. The van der Waals surface area contributed by atoms with Crippen LogP contribution < -0.4 is 10.2 Å². The Labute approximate surface area is 169 Å². The molecule has 4 heterocycles. The number of nitrogens with one attached hydrogen (secondary N) is 1. The average molecular weight is 392 g/mol. The van der Waals surface area contributed by atoms with Crippen molar-refractivity contribution < 1.29 is 9.26 Å². The highest BCUT2D eigenvalue weighted by atomic mass is 16.5. The van der Waals surface area contributed by atoms with E-state index in [1.165, 1.54) is 0 Å². The Morgan fingerprint density at radius 1 is 1.07 bits per heavy atom. The minimum Gasteiger partial charge on any atom is -0.378 e. The molecule has 0 amide bonds. The zero-order valence-electron chi connectivity index (χ0n) is 16.7. The second kappa shape index (κ2) is 7.44. The smallest absolute Gasteiger partial charge is 0.228 e. The maximum Gasteiger partial charge on any atom is 0.228 e. The van der Waals surface area contributed by atoms with E-state index in [9.17, 15) is 0 Å². The average Bonchev–Trinajstić information content (AvgIpc) is 3.20. The third-order valence-electron chi connectivity index (χ3n) is 5.42. The van der Waals surface area contributed by atoms with E-state index in [1.807, 2.05) is 18.5 Å². The first-order valence-electron chi connectivity index (χ1n) is 10.1. The predicted octanol–water partition coefficient (Wildman–Crippen LogP) is 3.33. The summed E-state index contributed by atoms with van der Waals surface area (Å²) in [6, 6.07) is 4.02. The van der Waals surface area contributed by atoms with E-state index < -0.39 is 0 Å². The number of aromatic nitrogens is 4. The lowest BCUT2D eigenvalue weighted by molar-refractivity contribution is 0.122. The second-order valence-corrected chi connectivity index (χ2v) is 7.71. The third kappa shape index (κ3) is 3.44. The Hall–Kier alpha value is -3.00. The van der Waals surface area contributed by atoms with Gasteiger partial charge in [0.05, 0.1) is 42.0 Å². The number of hydrogen-bond acceptors (Lipinski definition) is 8. The molecule has 1 saturated heterocycles. The summed E-state index contributed by atoms with van der Waals surface area (Å²) in [6.45, 7) is 7.53. The minimum absolute atomic E-state index is 0.272. The summed E-state index contributed by atoms with van der Waals surface area (Å²) in [5, 5.41) is 7.51. The summed E-state index contributed by atoms with van der Waals surface area (Å²) in [4.78, 5) is 16.1. The predicted molar refractivity (Wildman–Crippen MR) is 110 cm³/mol. The monoisotopic (exact) mass is 392 g/mol. The Morgan fingerprint density at radius 2 is 1.93 bits per heavy atom. The van der Waals surface area contributed by atoms with Crippen LogP contribution in [0.3, 0.4) is 0 Å². The fraction of sp³-hybridized carbons (Fsp3) is 0.429. The zero-order chi connectivity index (χ0) is 19.8. The highest BCUT2D eigenvalue weighted by molar-refractivity contribution is 5.71. The lowest BCUT2D eigenvalue weighted by atomic mass is 9.91. The van der Waals surface area contributed by atoms with Gasteiger partial charge in [0, 0.05) is 25.7 Å². The van der Waals surface area contributed by atoms with E-state index >= 15 is 0 Å². The molecule has 0 atom stereocenters. The maximum atomic E-state index is 5.58. The molecule has 0 unspecified atom stereocenters. The van der Waals surface area contributed by atoms with Crippen LogP contribution in [0.5, 0.6) is 0 Å². The van der Waals surface area contributed by atoms with Crippen molar-refractivity contribution in [2.24, 2.45) is 0 Å². The van der Waals surface area contributed by atoms with E-state index in [0.717, 1.165) is 73.1 Å². The standard InChI is InChI=1S/C21H24N6O2/c1-13(2)19-18-16(29-26-19)5-3-14-11-23-21(25-20(14)18)24-17-6-4-15(12-22-17)27-7-9-28-10-8-27/h4,6,11-13H,3,5,7-10H2,1-2H3,(H,22,23,24,25). The number of hydrogen-bond donors (Lipinski definition) is 1. The fourth-order valence-corrected chi connectivity index (χ4v) is 3.85. The van der Waals surface area contributed by atoms with Crippen LogP contribution in [0.4, 0.5) is 17.5 Å². The highest BCUT2D eigenvalue weighted by Crippen LogP contribution is 2.37. The number of fused-ring (bicyclic) bond motifs is 3. The Kier molecular flexibility index (Phi) is 4.63. The molecule has 0 aromatic carbocycles. The van der Waals surface area contributed by atoms with Crippen molar-refractivity contribution in [2.75, 3.05) is 36.5 Å². The van der Waals surface area contributed by atoms with Crippen LogP contribution in [-0.2, 0) is 17.6 Å². The van der Waals surface area contributed by atoms with E-state index in [2.05, 4.69) is 45.3 Å². The van der Waals surface area contributed by atoms with E-state index in [4.69, 9.17) is 14.2 Å². The third-order valence-corrected chi connectivity index (χ3v) is 5.42. The first-order chi connectivity index (χ1) is 14.2. The van der Waals surface area contributed by atoms with Gasteiger partial charge in [0.1, 0.15) is 11.6 Å². The van der Waals surface area contributed by atoms with Gasteiger partial charge in [-0.2, -0.15) is 0 Å². The van der Waals surface area contributed by atoms with Crippen LogP contribution in [-0.4, -0.2) is 46.4 Å². The zero-order valence-corrected chi connectivity index (χ0v) is 16.7. The van der Waals surface area contributed by atoms with Gasteiger partial charge in [-0.3, -0.25) is 0 Å². The lowest BCUT2D eigenvalue weighted by Crippen LogP contribution is -2.36. The van der Waals surface area contributed by atoms with E-state index in [1.54, 1.807) is 0 Å². The maximum absolute atomic E-state index is 5.58. The molecule has 0 bridgehead atoms. The molecule has 0 saturated carbocycles. The van der Waals surface area contributed by atoms with Crippen molar-refractivity contribution in [3.63, 3.8) is 0 Å².